The monoisotopic (exact) mass is 385 g/mol. The highest BCUT2D eigenvalue weighted by Gasteiger charge is 2.45. The number of anilines is 1. The first-order chi connectivity index (χ1) is 13.4. The summed E-state index contributed by atoms with van der Waals surface area (Å²) >= 11 is 0. The Kier molecular flexibility index (Phi) is 4.29. The minimum Gasteiger partial charge on any atom is -0.345 e. The molecule has 1 fully saturated rings. The van der Waals surface area contributed by atoms with Crippen molar-refractivity contribution in [2.24, 2.45) is 0 Å². The molecule has 2 heterocycles. The average molecular weight is 385 g/mol. The number of halogens is 3. The van der Waals surface area contributed by atoms with Gasteiger partial charge in [0.25, 0.3) is 0 Å². The van der Waals surface area contributed by atoms with Crippen molar-refractivity contribution in [1.29, 1.82) is 0 Å². The Hall–Kier alpha value is -3.36. The maximum Gasteiger partial charge on any atom is 0.416 e. The van der Waals surface area contributed by atoms with Crippen LogP contribution in [-0.4, -0.2) is 25.7 Å². The third-order valence-corrected chi connectivity index (χ3v) is 4.58. The predicted molar refractivity (Wildman–Crippen MR) is 93.5 cm³/mol. The number of ketones is 1. The van der Waals surface area contributed by atoms with E-state index in [-0.39, 0.29) is 16.7 Å². The number of benzene rings is 1. The number of carbonyl (C=O) groups excluding carboxylic acids is 1. The molecule has 1 N–H and O–H groups in total. The quantitative estimate of drug-likeness (QED) is 0.676. The van der Waals surface area contributed by atoms with Gasteiger partial charge < -0.3 is 5.32 Å². The molecule has 1 aliphatic rings. The van der Waals surface area contributed by atoms with E-state index in [2.05, 4.69) is 25.3 Å². The maximum absolute atomic E-state index is 12.8. The zero-order chi connectivity index (χ0) is 19.8. The molecular formula is C19H14F3N5O. The zero-order valence-electron chi connectivity index (χ0n) is 14.4. The Morgan fingerprint density at radius 1 is 1.00 bits per heavy atom. The van der Waals surface area contributed by atoms with E-state index in [4.69, 9.17) is 0 Å². The number of nitrogens with zero attached hydrogens (tertiary/aromatic N) is 4. The maximum atomic E-state index is 12.8. The molecule has 1 saturated carbocycles. The summed E-state index contributed by atoms with van der Waals surface area (Å²) in [6.45, 7) is 0. The molecule has 28 heavy (non-hydrogen) atoms. The molecule has 2 aromatic heterocycles. The summed E-state index contributed by atoms with van der Waals surface area (Å²) < 4.78 is 38.5. The highest BCUT2D eigenvalue weighted by Crippen LogP contribution is 2.47. The summed E-state index contributed by atoms with van der Waals surface area (Å²) in [6.07, 6.45) is 4.72. The van der Waals surface area contributed by atoms with Crippen molar-refractivity contribution in [2.45, 2.75) is 24.6 Å². The molecule has 0 atom stereocenters. The lowest BCUT2D eigenvalue weighted by Crippen LogP contribution is -2.21. The first-order valence-electron chi connectivity index (χ1n) is 8.45. The summed E-state index contributed by atoms with van der Waals surface area (Å²) in [6, 6.07) is 4.27. The third kappa shape index (κ3) is 3.55. The Labute approximate surface area is 157 Å². The van der Waals surface area contributed by atoms with Gasteiger partial charge in [0.1, 0.15) is 6.33 Å². The Balaban J connectivity index is 1.52. The van der Waals surface area contributed by atoms with E-state index < -0.39 is 17.5 Å². The van der Waals surface area contributed by atoms with Crippen molar-refractivity contribution in [2.75, 3.05) is 5.32 Å². The smallest absolute Gasteiger partial charge is 0.345 e. The van der Waals surface area contributed by atoms with Crippen molar-refractivity contribution in [3.05, 3.63) is 77.6 Å². The highest BCUT2D eigenvalue weighted by atomic mass is 19.4. The largest absolute Gasteiger partial charge is 0.416 e. The Morgan fingerprint density at radius 3 is 2.29 bits per heavy atom. The molecule has 6 nitrogen and oxygen atoms in total. The summed E-state index contributed by atoms with van der Waals surface area (Å²) in [5, 5.41) is 3.22. The fourth-order valence-corrected chi connectivity index (χ4v) is 2.88. The van der Waals surface area contributed by atoms with Crippen LogP contribution in [0.2, 0.25) is 0 Å². The second-order valence-corrected chi connectivity index (χ2v) is 6.54. The van der Waals surface area contributed by atoms with Gasteiger partial charge >= 0.3 is 6.18 Å². The molecule has 0 aliphatic heterocycles. The lowest BCUT2D eigenvalue weighted by molar-refractivity contribution is -0.137. The minimum atomic E-state index is -4.51. The van der Waals surface area contributed by atoms with Crippen LogP contribution in [0.4, 0.5) is 19.1 Å². The van der Waals surface area contributed by atoms with Gasteiger partial charge in [-0.1, -0.05) is 12.1 Å². The molecule has 0 unspecified atom stereocenters. The SMILES string of the molecule is O=C(c1cnc(NC2(c3cncnc3)CC2)nc1)c1cccc(C(F)(F)F)c1. The minimum absolute atomic E-state index is 0.0702. The van der Waals surface area contributed by atoms with Gasteiger partial charge in [-0.05, 0) is 25.0 Å². The molecule has 0 amide bonds. The topological polar surface area (TPSA) is 80.7 Å². The molecule has 0 bridgehead atoms. The molecule has 1 aliphatic carbocycles. The van der Waals surface area contributed by atoms with E-state index in [1.54, 1.807) is 12.4 Å². The number of rotatable bonds is 5. The van der Waals surface area contributed by atoms with Crippen LogP contribution < -0.4 is 5.32 Å². The number of carbonyl (C=O) groups is 1. The van der Waals surface area contributed by atoms with Crippen molar-refractivity contribution in [3.8, 4) is 0 Å². The van der Waals surface area contributed by atoms with Crippen molar-refractivity contribution in [1.82, 2.24) is 19.9 Å². The van der Waals surface area contributed by atoms with E-state index in [1.165, 1.54) is 30.9 Å². The van der Waals surface area contributed by atoms with Crippen LogP contribution in [0, 0.1) is 0 Å². The van der Waals surface area contributed by atoms with Gasteiger partial charge in [0.15, 0.2) is 5.78 Å². The van der Waals surface area contributed by atoms with Crippen LogP contribution in [0.5, 0.6) is 0 Å². The second kappa shape index (κ2) is 6.66. The number of hydrogen-bond acceptors (Lipinski definition) is 6. The Bertz CT molecular complexity index is 1000. The number of alkyl halides is 3. The standard InChI is InChI=1S/C19H14F3N5O/c20-19(21,22)14-3-1-2-12(6-14)16(28)13-7-25-17(26-8-13)27-18(4-5-18)15-9-23-11-24-10-15/h1-3,6-11H,4-5H2,(H,25,26,27). The van der Waals surface area contributed by atoms with Crippen molar-refractivity contribution >= 4 is 11.7 Å². The van der Waals surface area contributed by atoms with Crippen LogP contribution in [0.25, 0.3) is 0 Å². The van der Waals surface area contributed by atoms with E-state index in [9.17, 15) is 18.0 Å². The fraction of sp³-hybridized carbons (Fsp3) is 0.211. The first-order valence-corrected chi connectivity index (χ1v) is 8.45. The van der Waals surface area contributed by atoms with E-state index >= 15 is 0 Å². The molecule has 1 aromatic carbocycles. The van der Waals surface area contributed by atoms with Crippen LogP contribution >= 0.6 is 0 Å². The van der Waals surface area contributed by atoms with Crippen LogP contribution in [0.1, 0.15) is 39.9 Å². The van der Waals surface area contributed by atoms with Gasteiger partial charge in [0, 0.05) is 35.9 Å². The molecule has 4 rings (SSSR count). The number of aromatic nitrogens is 4. The Morgan fingerprint density at radius 2 is 1.68 bits per heavy atom. The highest BCUT2D eigenvalue weighted by molar-refractivity contribution is 6.08. The third-order valence-electron chi connectivity index (χ3n) is 4.58. The molecule has 0 radical (unpaired) electrons. The summed E-state index contributed by atoms with van der Waals surface area (Å²) in [5.74, 6) is -0.253. The fourth-order valence-electron chi connectivity index (χ4n) is 2.88. The molecule has 142 valence electrons. The van der Waals surface area contributed by atoms with E-state index in [1.807, 2.05) is 0 Å². The molecular weight excluding hydrogens is 371 g/mol. The molecule has 3 aromatic rings. The van der Waals surface area contributed by atoms with Gasteiger partial charge in [0.05, 0.1) is 16.7 Å². The molecule has 0 saturated heterocycles. The van der Waals surface area contributed by atoms with Crippen LogP contribution in [0.3, 0.4) is 0 Å². The summed E-state index contributed by atoms with van der Waals surface area (Å²) in [5.41, 5.74) is -0.244. The van der Waals surface area contributed by atoms with Gasteiger partial charge in [-0.2, -0.15) is 13.2 Å². The number of hydrogen-bond donors (Lipinski definition) is 1. The lowest BCUT2D eigenvalue weighted by Gasteiger charge is -2.16. The molecule has 0 spiro atoms. The zero-order valence-corrected chi connectivity index (χ0v) is 14.4. The van der Waals surface area contributed by atoms with Gasteiger partial charge in [0.2, 0.25) is 5.95 Å². The lowest BCUT2D eigenvalue weighted by atomic mass is 10.0. The number of nitrogens with one attached hydrogen (secondary N) is 1. The molecule has 9 heteroatoms. The second-order valence-electron chi connectivity index (χ2n) is 6.54. The van der Waals surface area contributed by atoms with Crippen molar-refractivity contribution < 1.29 is 18.0 Å². The normalized spacial score (nSPS) is 15.1. The van der Waals surface area contributed by atoms with Crippen molar-refractivity contribution in [3.63, 3.8) is 0 Å². The van der Waals surface area contributed by atoms with Crippen LogP contribution in [0.15, 0.2) is 55.4 Å². The first kappa shape index (κ1) is 18.0. The van der Waals surface area contributed by atoms with E-state index in [0.717, 1.165) is 30.5 Å². The summed E-state index contributed by atoms with van der Waals surface area (Å²) in [4.78, 5) is 28.8. The van der Waals surface area contributed by atoms with Gasteiger partial charge in [-0.3, -0.25) is 4.79 Å². The van der Waals surface area contributed by atoms with Gasteiger partial charge in [-0.25, -0.2) is 19.9 Å². The van der Waals surface area contributed by atoms with Gasteiger partial charge in [-0.15, -0.1) is 0 Å². The average Bonchev–Trinajstić information content (AvgIpc) is 3.49. The summed E-state index contributed by atoms with van der Waals surface area (Å²) in [7, 11) is 0. The predicted octanol–water partition coefficient (Wildman–Crippen LogP) is 3.62. The van der Waals surface area contributed by atoms with Crippen LogP contribution in [-0.2, 0) is 11.7 Å². The van der Waals surface area contributed by atoms with E-state index in [0.29, 0.717) is 5.95 Å².